The Hall–Kier alpha value is -3.82. The summed E-state index contributed by atoms with van der Waals surface area (Å²) in [5.74, 6) is 0.736. The molecule has 2 aliphatic rings. The van der Waals surface area contributed by atoms with Crippen molar-refractivity contribution in [2.24, 2.45) is 26.8 Å². The van der Waals surface area contributed by atoms with Crippen LogP contribution in [0.2, 0.25) is 0 Å². The SMILES string of the molecule is CN=C1NC(=NC)C(C2C(=O)C(c3c(NCCCOC)nc(NCCCOC)nc3NCCCOC)=C2O)C(=NC)N1. The summed E-state index contributed by atoms with van der Waals surface area (Å²) < 4.78 is 15.5. The Morgan fingerprint density at radius 3 is 1.64 bits per heavy atom. The molecule has 1 atom stereocenters. The van der Waals surface area contributed by atoms with Crippen molar-refractivity contribution in [1.82, 2.24) is 20.6 Å². The molecular formula is C27H44N10O5. The Labute approximate surface area is 246 Å². The van der Waals surface area contributed by atoms with E-state index in [0.29, 0.717) is 93.1 Å². The molecule has 2 heterocycles. The minimum absolute atomic E-state index is 0.0860. The zero-order valence-electron chi connectivity index (χ0n) is 25.3. The molecule has 0 aromatic carbocycles. The maximum absolute atomic E-state index is 13.9. The number of aliphatic hydroxyl groups excluding tert-OH is 1. The van der Waals surface area contributed by atoms with Gasteiger partial charge in [0.05, 0.1) is 23.0 Å². The molecule has 1 saturated heterocycles. The number of carbonyl (C=O) groups excluding carboxylic acids is 1. The second kappa shape index (κ2) is 16.6. The maximum atomic E-state index is 13.9. The van der Waals surface area contributed by atoms with Crippen LogP contribution in [0.1, 0.15) is 24.8 Å². The Balaban J connectivity index is 2.06. The molecule has 6 N–H and O–H groups in total. The van der Waals surface area contributed by atoms with Crippen molar-refractivity contribution in [3.05, 3.63) is 11.3 Å². The number of guanidine groups is 1. The topological polar surface area (TPSA) is 188 Å². The number of ether oxygens (including phenoxy) is 3. The molecule has 3 rings (SSSR count). The number of carbonyl (C=O) groups is 1. The van der Waals surface area contributed by atoms with Crippen molar-refractivity contribution in [3.63, 3.8) is 0 Å². The highest BCUT2D eigenvalue weighted by Crippen LogP contribution is 2.45. The average molecular weight is 589 g/mol. The first-order valence-electron chi connectivity index (χ1n) is 14.0. The number of methoxy groups -OCH3 is 3. The summed E-state index contributed by atoms with van der Waals surface area (Å²) in [6.45, 7) is 3.35. The van der Waals surface area contributed by atoms with Crippen LogP contribution in [0.15, 0.2) is 20.7 Å². The molecule has 232 valence electrons. The molecule has 1 aliphatic heterocycles. The van der Waals surface area contributed by atoms with Crippen molar-refractivity contribution in [2.75, 3.05) is 97.9 Å². The van der Waals surface area contributed by atoms with E-state index >= 15 is 0 Å². The maximum Gasteiger partial charge on any atom is 0.226 e. The number of Topliss-reactive ketones (excluding diaryl/α,β-unsaturated/α-hetero) is 1. The highest BCUT2D eigenvalue weighted by Gasteiger charge is 2.51. The van der Waals surface area contributed by atoms with Crippen molar-refractivity contribution < 1.29 is 24.1 Å². The predicted octanol–water partition coefficient (Wildman–Crippen LogP) is 1.14. The van der Waals surface area contributed by atoms with Gasteiger partial charge >= 0.3 is 0 Å². The largest absolute Gasteiger partial charge is 0.511 e. The lowest BCUT2D eigenvalue weighted by atomic mass is 9.70. The number of nitrogens with one attached hydrogen (secondary N) is 5. The minimum Gasteiger partial charge on any atom is -0.511 e. The summed E-state index contributed by atoms with van der Waals surface area (Å²) in [6.07, 6.45) is 2.18. The van der Waals surface area contributed by atoms with Gasteiger partial charge in [-0.25, -0.2) is 0 Å². The van der Waals surface area contributed by atoms with Gasteiger partial charge in [0.15, 0.2) is 5.78 Å². The second-order valence-corrected chi connectivity index (χ2v) is 9.56. The molecule has 15 nitrogen and oxygen atoms in total. The fourth-order valence-electron chi connectivity index (χ4n) is 4.72. The van der Waals surface area contributed by atoms with E-state index in [9.17, 15) is 9.90 Å². The van der Waals surface area contributed by atoms with Crippen molar-refractivity contribution >= 4 is 46.6 Å². The summed E-state index contributed by atoms with van der Waals surface area (Å²) in [7, 11) is 9.78. The number of rotatable bonds is 17. The van der Waals surface area contributed by atoms with Gasteiger partial charge in [0.2, 0.25) is 11.9 Å². The van der Waals surface area contributed by atoms with Gasteiger partial charge in [-0.15, -0.1) is 0 Å². The zero-order chi connectivity index (χ0) is 30.5. The standard InChI is InChI=1S/C27H44N10O5/c1-28-22-18(23(29-2)35-26(30-3)34-22)16-20(38)17(21(16)39)19-24(31-10-7-13-40-4)36-27(33-12-9-15-42-6)37-25(19)32-11-8-14-41-5/h16,18,38H,7-15H2,1-6H3,(H2,28,29,30,34,35)(H3,31,32,33,36,37). The number of nitrogens with zero attached hydrogens (tertiary/aromatic N) is 5. The third-order valence-electron chi connectivity index (χ3n) is 6.80. The van der Waals surface area contributed by atoms with Crippen molar-refractivity contribution in [2.45, 2.75) is 19.3 Å². The van der Waals surface area contributed by atoms with Crippen molar-refractivity contribution in [1.29, 1.82) is 0 Å². The molecule has 1 unspecified atom stereocenters. The van der Waals surface area contributed by atoms with Crippen LogP contribution in [-0.4, -0.2) is 120 Å². The van der Waals surface area contributed by atoms with Crippen LogP contribution in [-0.2, 0) is 19.0 Å². The van der Waals surface area contributed by atoms with E-state index in [1.54, 1.807) is 42.5 Å². The van der Waals surface area contributed by atoms with E-state index in [-0.39, 0.29) is 17.1 Å². The molecule has 1 aromatic heterocycles. The number of ketones is 1. The quantitative estimate of drug-likeness (QED) is 0.143. The molecular weight excluding hydrogens is 544 g/mol. The highest BCUT2D eigenvalue weighted by atomic mass is 16.5. The van der Waals surface area contributed by atoms with Gasteiger partial charge in [0.1, 0.15) is 29.1 Å². The smallest absolute Gasteiger partial charge is 0.226 e. The van der Waals surface area contributed by atoms with E-state index < -0.39 is 11.8 Å². The van der Waals surface area contributed by atoms with Gasteiger partial charge in [-0.1, -0.05) is 0 Å². The van der Waals surface area contributed by atoms with Crippen LogP contribution in [0.4, 0.5) is 17.6 Å². The number of aromatic nitrogens is 2. The van der Waals surface area contributed by atoms with E-state index in [0.717, 1.165) is 6.42 Å². The first-order valence-corrected chi connectivity index (χ1v) is 14.0. The van der Waals surface area contributed by atoms with E-state index in [1.807, 2.05) is 0 Å². The van der Waals surface area contributed by atoms with Crippen LogP contribution in [0.3, 0.4) is 0 Å². The fourth-order valence-corrected chi connectivity index (χ4v) is 4.72. The molecule has 42 heavy (non-hydrogen) atoms. The van der Waals surface area contributed by atoms with E-state index in [4.69, 9.17) is 24.2 Å². The van der Waals surface area contributed by atoms with Crippen LogP contribution in [0.5, 0.6) is 0 Å². The third kappa shape index (κ3) is 7.72. The lowest BCUT2D eigenvalue weighted by molar-refractivity contribution is -0.119. The predicted molar refractivity (Wildman–Crippen MR) is 165 cm³/mol. The van der Waals surface area contributed by atoms with Gasteiger partial charge in [0, 0.05) is 81.9 Å². The number of anilines is 3. The van der Waals surface area contributed by atoms with Gasteiger partial charge in [-0.05, 0) is 19.3 Å². The number of aliphatic hydroxyl groups is 1. The van der Waals surface area contributed by atoms with Gasteiger partial charge in [-0.2, -0.15) is 9.97 Å². The monoisotopic (exact) mass is 588 g/mol. The zero-order valence-corrected chi connectivity index (χ0v) is 25.3. The molecule has 1 aromatic rings. The number of aliphatic imine (C=N–C) groups is 3. The molecule has 0 bridgehead atoms. The lowest BCUT2D eigenvalue weighted by Crippen LogP contribution is -2.61. The lowest BCUT2D eigenvalue weighted by Gasteiger charge is -2.38. The molecule has 1 fully saturated rings. The normalized spacial score (nSPS) is 20.3. The number of allylic oxidation sites excluding steroid dienone is 2. The van der Waals surface area contributed by atoms with Crippen LogP contribution < -0.4 is 26.6 Å². The molecule has 0 saturated carbocycles. The first-order chi connectivity index (χ1) is 20.4. The second-order valence-electron chi connectivity index (χ2n) is 9.56. The summed E-state index contributed by atoms with van der Waals surface area (Å²) in [6, 6.07) is 0. The van der Waals surface area contributed by atoms with Gasteiger partial charge in [0.25, 0.3) is 0 Å². The Bertz CT molecular complexity index is 1140. The highest BCUT2D eigenvalue weighted by molar-refractivity contribution is 6.35. The number of amidine groups is 2. The molecule has 15 heteroatoms. The first kappa shape index (κ1) is 32.7. The summed E-state index contributed by atoms with van der Waals surface area (Å²) in [5, 5.41) is 27.6. The fraction of sp³-hybridized carbons (Fsp3) is 0.630. The average Bonchev–Trinajstić information content (AvgIpc) is 3.00. The summed E-state index contributed by atoms with van der Waals surface area (Å²) in [4.78, 5) is 36.1. The van der Waals surface area contributed by atoms with Crippen molar-refractivity contribution in [3.8, 4) is 0 Å². The third-order valence-corrected chi connectivity index (χ3v) is 6.80. The number of hydrogen-bond donors (Lipinski definition) is 6. The molecule has 0 radical (unpaired) electrons. The Morgan fingerprint density at radius 1 is 0.762 bits per heavy atom. The van der Waals surface area contributed by atoms with Crippen LogP contribution in [0.25, 0.3) is 5.57 Å². The summed E-state index contributed by atoms with van der Waals surface area (Å²) >= 11 is 0. The Morgan fingerprint density at radius 2 is 1.24 bits per heavy atom. The minimum atomic E-state index is -0.898. The van der Waals surface area contributed by atoms with Crippen LogP contribution in [0, 0.1) is 11.8 Å². The van der Waals surface area contributed by atoms with E-state index in [1.165, 1.54) is 0 Å². The summed E-state index contributed by atoms with van der Waals surface area (Å²) in [5.41, 5.74) is 0.554. The molecule has 1 aliphatic carbocycles. The molecule has 0 amide bonds. The molecule has 0 spiro atoms. The van der Waals surface area contributed by atoms with Crippen LogP contribution >= 0.6 is 0 Å². The van der Waals surface area contributed by atoms with Gasteiger partial charge < -0.3 is 45.9 Å². The number of hydrogen-bond acceptors (Lipinski definition) is 13. The van der Waals surface area contributed by atoms with E-state index in [2.05, 4.69) is 41.6 Å². The van der Waals surface area contributed by atoms with Gasteiger partial charge in [-0.3, -0.25) is 19.8 Å². The Kier molecular flexibility index (Phi) is 12.9.